The summed E-state index contributed by atoms with van der Waals surface area (Å²) >= 11 is 12.0. The minimum atomic E-state index is 0.647. The second kappa shape index (κ2) is 7.74. The van der Waals surface area contributed by atoms with Gasteiger partial charge in [-0.15, -0.1) is 0 Å². The summed E-state index contributed by atoms with van der Waals surface area (Å²) in [6, 6.07) is 5.76. The van der Waals surface area contributed by atoms with Gasteiger partial charge in [0.1, 0.15) is 5.82 Å². The Morgan fingerprint density at radius 2 is 2.05 bits per heavy atom. The highest BCUT2D eigenvalue weighted by Crippen LogP contribution is 2.31. The van der Waals surface area contributed by atoms with Crippen LogP contribution in [0, 0.1) is 3.57 Å². The Kier molecular flexibility index (Phi) is 6.25. The van der Waals surface area contributed by atoms with Gasteiger partial charge in [-0.05, 0) is 53.6 Å². The van der Waals surface area contributed by atoms with Crippen molar-refractivity contribution in [3.05, 3.63) is 37.0 Å². The zero-order chi connectivity index (χ0) is 15.4. The van der Waals surface area contributed by atoms with Crippen LogP contribution >= 0.6 is 50.1 Å². The first-order chi connectivity index (χ1) is 10.1. The normalized spacial score (nSPS) is 10.7. The van der Waals surface area contributed by atoms with Gasteiger partial charge in [0.05, 0.1) is 14.3 Å². The van der Waals surface area contributed by atoms with E-state index in [1.54, 1.807) is 0 Å². The Labute approximate surface area is 152 Å². The first-order valence-corrected chi connectivity index (χ1v) is 9.07. The number of nitrogens with one attached hydrogen (secondary N) is 1. The lowest BCUT2D eigenvalue weighted by Crippen LogP contribution is -2.09. The van der Waals surface area contributed by atoms with Crippen molar-refractivity contribution >= 4 is 55.9 Å². The maximum atomic E-state index is 6.32. The van der Waals surface area contributed by atoms with Crippen molar-refractivity contribution in [2.75, 3.05) is 11.9 Å². The number of hydrogen-bond acceptors (Lipinski definition) is 3. The highest BCUT2D eigenvalue weighted by Gasteiger charge is 2.14. The summed E-state index contributed by atoms with van der Waals surface area (Å²) in [6.45, 7) is 5.12. The molecule has 0 spiro atoms. The summed E-state index contributed by atoms with van der Waals surface area (Å²) in [5.41, 5.74) is 1.89. The van der Waals surface area contributed by atoms with E-state index in [1.807, 2.05) is 18.2 Å². The molecule has 0 unspecified atom stereocenters. The molecule has 0 aliphatic carbocycles. The Balaban J connectivity index is 2.52. The number of aromatic nitrogens is 2. The molecule has 0 bridgehead atoms. The molecule has 2 rings (SSSR count). The van der Waals surface area contributed by atoms with E-state index in [2.05, 4.69) is 67.7 Å². The van der Waals surface area contributed by atoms with E-state index in [0.717, 1.165) is 44.5 Å². The number of benzene rings is 1. The molecule has 0 aliphatic heterocycles. The van der Waals surface area contributed by atoms with Gasteiger partial charge in [-0.1, -0.05) is 41.4 Å². The van der Waals surface area contributed by atoms with Gasteiger partial charge in [0, 0.05) is 16.6 Å². The molecule has 3 nitrogen and oxygen atoms in total. The molecule has 21 heavy (non-hydrogen) atoms. The zero-order valence-electron chi connectivity index (χ0n) is 11.9. The number of hydrogen-bond donors (Lipinski definition) is 1. The van der Waals surface area contributed by atoms with Crippen LogP contribution in [0.3, 0.4) is 0 Å². The molecular weight excluding hydrogens is 464 g/mol. The molecule has 0 radical (unpaired) electrons. The lowest BCUT2D eigenvalue weighted by Gasteiger charge is -2.12. The third-order valence-electron chi connectivity index (χ3n) is 2.97. The molecule has 1 heterocycles. The molecule has 1 aromatic heterocycles. The van der Waals surface area contributed by atoms with Crippen molar-refractivity contribution in [1.29, 1.82) is 0 Å². The summed E-state index contributed by atoms with van der Waals surface area (Å²) in [7, 11) is 0. The third-order valence-corrected chi connectivity index (χ3v) is 4.91. The second-order valence-corrected chi connectivity index (χ2v) is 6.96. The largest absolute Gasteiger partial charge is 0.369 e. The minimum absolute atomic E-state index is 0.647. The fraction of sp³-hybridized carbons (Fsp3) is 0.333. The standard InChI is InChI=1S/C15H16BrClIN3/c1-3-7-19-15-13(18)12(4-2)20-14(21-15)10-6-5-9(16)8-11(10)17/h5-6,8H,3-4,7H2,1-2H3,(H,19,20,21). The van der Waals surface area contributed by atoms with Crippen LogP contribution in [0.25, 0.3) is 11.4 Å². The van der Waals surface area contributed by atoms with Gasteiger partial charge in [-0.25, -0.2) is 9.97 Å². The van der Waals surface area contributed by atoms with E-state index < -0.39 is 0 Å². The molecule has 1 aromatic carbocycles. The van der Waals surface area contributed by atoms with Crippen molar-refractivity contribution in [1.82, 2.24) is 9.97 Å². The van der Waals surface area contributed by atoms with E-state index in [0.29, 0.717) is 10.8 Å². The summed E-state index contributed by atoms with van der Waals surface area (Å²) in [4.78, 5) is 9.31. The van der Waals surface area contributed by atoms with Crippen LogP contribution in [0.15, 0.2) is 22.7 Å². The molecule has 0 aliphatic rings. The average molecular weight is 481 g/mol. The van der Waals surface area contributed by atoms with Gasteiger partial charge in [-0.2, -0.15) is 0 Å². The maximum Gasteiger partial charge on any atom is 0.163 e. The molecule has 112 valence electrons. The average Bonchev–Trinajstić information content (AvgIpc) is 2.46. The van der Waals surface area contributed by atoms with Gasteiger partial charge in [-0.3, -0.25) is 0 Å². The Hall–Kier alpha value is -0.400. The second-order valence-electron chi connectivity index (χ2n) is 4.56. The lowest BCUT2D eigenvalue weighted by molar-refractivity contribution is 0.943. The topological polar surface area (TPSA) is 37.8 Å². The maximum absolute atomic E-state index is 6.32. The number of rotatable bonds is 5. The minimum Gasteiger partial charge on any atom is -0.369 e. The molecule has 0 saturated heterocycles. The molecule has 6 heteroatoms. The number of anilines is 1. The van der Waals surface area contributed by atoms with E-state index >= 15 is 0 Å². The van der Waals surface area contributed by atoms with Crippen molar-refractivity contribution in [2.45, 2.75) is 26.7 Å². The van der Waals surface area contributed by atoms with Crippen LogP contribution < -0.4 is 5.32 Å². The first-order valence-electron chi connectivity index (χ1n) is 6.82. The predicted molar refractivity (Wildman–Crippen MR) is 101 cm³/mol. The van der Waals surface area contributed by atoms with Gasteiger partial charge >= 0.3 is 0 Å². The SMILES string of the molecule is CCCNc1nc(-c2ccc(Br)cc2Cl)nc(CC)c1I. The van der Waals surface area contributed by atoms with Gasteiger partial charge in [0.25, 0.3) is 0 Å². The predicted octanol–water partition coefficient (Wildman–Crippen LogP) is 5.55. The van der Waals surface area contributed by atoms with Crippen LogP contribution in [0.1, 0.15) is 26.0 Å². The monoisotopic (exact) mass is 479 g/mol. The lowest BCUT2D eigenvalue weighted by atomic mass is 10.2. The van der Waals surface area contributed by atoms with Crippen LogP contribution in [-0.2, 0) is 6.42 Å². The highest BCUT2D eigenvalue weighted by atomic mass is 127. The van der Waals surface area contributed by atoms with E-state index in [9.17, 15) is 0 Å². The molecule has 1 N–H and O–H groups in total. The van der Waals surface area contributed by atoms with Crippen LogP contribution in [0.5, 0.6) is 0 Å². The van der Waals surface area contributed by atoms with Gasteiger partial charge in [0.15, 0.2) is 5.82 Å². The first kappa shape index (κ1) is 17.0. The van der Waals surface area contributed by atoms with Crippen molar-refractivity contribution < 1.29 is 0 Å². The third kappa shape index (κ3) is 4.07. The van der Waals surface area contributed by atoms with E-state index in [4.69, 9.17) is 11.6 Å². The fourth-order valence-electron chi connectivity index (χ4n) is 1.88. The molecule has 0 saturated carbocycles. The molecule has 0 fully saturated rings. The highest BCUT2D eigenvalue weighted by molar-refractivity contribution is 14.1. The molecule has 0 atom stereocenters. The summed E-state index contributed by atoms with van der Waals surface area (Å²) in [6.07, 6.45) is 1.92. The van der Waals surface area contributed by atoms with E-state index in [-0.39, 0.29) is 0 Å². The summed E-state index contributed by atoms with van der Waals surface area (Å²) in [5.74, 6) is 1.56. The molecular formula is C15H16BrClIN3. The van der Waals surface area contributed by atoms with Gasteiger partial charge in [0.2, 0.25) is 0 Å². The van der Waals surface area contributed by atoms with E-state index in [1.165, 1.54) is 0 Å². The van der Waals surface area contributed by atoms with Gasteiger partial charge < -0.3 is 5.32 Å². The van der Waals surface area contributed by atoms with Crippen molar-refractivity contribution in [3.8, 4) is 11.4 Å². The van der Waals surface area contributed by atoms with Crippen molar-refractivity contribution in [3.63, 3.8) is 0 Å². The number of halogens is 3. The number of aryl methyl sites for hydroxylation is 1. The number of nitrogens with zero attached hydrogens (tertiary/aromatic N) is 2. The quantitative estimate of drug-likeness (QED) is 0.571. The Bertz CT molecular complexity index is 649. The molecule has 0 amide bonds. The molecule has 2 aromatic rings. The fourth-order valence-corrected chi connectivity index (χ4v) is 3.45. The van der Waals surface area contributed by atoms with Crippen LogP contribution in [0.4, 0.5) is 5.82 Å². The smallest absolute Gasteiger partial charge is 0.163 e. The van der Waals surface area contributed by atoms with Crippen LogP contribution in [-0.4, -0.2) is 16.5 Å². The summed E-state index contributed by atoms with van der Waals surface area (Å²) in [5, 5.41) is 4.01. The van der Waals surface area contributed by atoms with Crippen molar-refractivity contribution in [2.24, 2.45) is 0 Å². The summed E-state index contributed by atoms with van der Waals surface area (Å²) < 4.78 is 2.03. The Morgan fingerprint density at radius 1 is 1.29 bits per heavy atom. The zero-order valence-corrected chi connectivity index (χ0v) is 16.4. The Morgan fingerprint density at radius 3 is 2.67 bits per heavy atom. The van der Waals surface area contributed by atoms with Crippen LogP contribution in [0.2, 0.25) is 5.02 Å².